The molecule has 0 heterocycles. The number of rotatable bonds is 0. The van der Waals surface area contributed by atoms with Crippen LogP contribution >= 0.6 is 0 Å². The predicted molar refractivity (Wildman–Crippen MR) is 197 cm³/mol. The molecule has 0 aromatic rings. The molecule has 2 rings (SSSR count). The minimum absolute atomic E-state index is 0. The monoisotopic (exact) mass is 583 g/mol. The van der Waals surface area contributed by atoms with Crippen molar-refractivity contribution in [2.45, 2.75) is 232 Å². The smallest absolute Gasteiger partial charge is 0.0319 e. The van der Waals surface area contributed by atoms with Gasteiger partial charge in [0.2, 0.25) is 0 Å². The number of aliphatic hydroxyl groups is 2. The van der Waals surface area contributed by atoms with E-state index >= 15 is 0 Å². The van der Waals surface area contributed by atoms with Crippen LogP contribution < -0.4 is 0 Å². The Kier molecular flexibility index (Phi) is 122. The zero-order chi connectivity index (χ0) is 28.5. The Morgan fingerprint density at radius 2 is 0.275 bits per heavy atom. The minimum atomic E-state index is 0. The second-order valence-corrected chi connectivity index (χ2v) is 10.2. The molecule has 2 aliphatic carbocycles. The molecule has 2 nitrogen and oxygen atoms in total. The quantitative estimate of drug-likeness (QED) is 0.298. The van der Waals surface area contributed by atoms with Gasteiger partial charge >= 0.3 is 0 Å². The molecule has 0 radical (unpaired) electrons. The fraction of sp³-hybridized carbons (Fsp3) is 1.00. The average molecular weight is 583 g/mol. The van der Waals surface area contributed by atoms with Crippen molar-refractivity contribution < 1.29 is 10.2 Å². The van der Waals surface area contributed by atoms with Crippen LogP contribution in [0.2, 0.25) is 0 Å². The topological polar surface area (TPSA) is 40.5 Å². The van der Waals surface area contributed by atoms with Crippen LogP contribution in [0.1, 0.15) is 232 Å². The molecule has 0 amide bonds. The highest BCUT2D eigenvalue weighted by Gasteiger charge is 1.97. The summed E-state index contributed by atoms with van der Waals surface area (Å²) in [5.41, 5.74) is 0. The molecule has 2 saturated carbocycles. The van der Waals surface area contributed by atoms with Gasteiger partial charge in [-0.3, -0.25) is 0 Å². The third-order valence-electron chi connectivity index (χ3n) is 6.00. The molecule has 258 valence electrons. The molecule has 2 aliphatic rings. The minimum Gasteiger partial charge on any atom is -0.400 e. The molecule has 0 aliphatic heterocycles. The summed E-state index contributed by atoms with van der Waals surface area (Å²) in [5.74, 6) is 0.833. The van der Waals surface area contributed by atoms with Gasteiger partial charge in [-0.05, 0) is 5.92 Å². The Balaban J connectivity index is -0.0000000463. The highest BCUT2D eigenvalue weighted by Crippen LogP contribution is 2.17. The second kappa shape index (κ2) is 77.2. The maximum absolute atomic E-state index is 7.00. The number of hydrogen-bond acceptors (Lipinski definition) is 2. The summed E-state index contributed by atoms with van der Waals surface area (Å²) in [6.07, 6.45) is 36.0. The lowest BCUT2D eigenvalue weighted by Gasteiger charge is -2.05. The van der Waals surface area contributed by atoms with Crippen LogP contribution in [0.15, 0.2) is 0 Å². The van der Waals surface area contributed by atoms with E-state index in [0.717, 1.165) is 20.1 Å². The summed E-state index contributed by atoms with van der Waals surface area (Å²) in [6.45, 7) is 14.5. The summed E-state index contributed by atoms with van der Waals surface area (Å²) >= 11 is 0. The van der Waals surface area contributed by atoms with E-state index in [1.807, 2.05) is 27.7 Å². The molecule has 2 fully saturated rings. The van der Waals surface area contributed by atoms with Crippen LogP contribution in [0.25, 0.3) is 0 Å². The highest BCUT2D eigenvalue weighted by molar-refractivity contribution is 4.52. The van der Waals surface area contributed by atoms with Gasteiger partial charge in [-0.2, -0.15) is 0 Å². The molecule has 0 spiro atoms. The van der Waals surface area contributed by atoms with Crippen molar-refractivity contribution in [3.8, 4) is 0 Å². The maximum atomic E-state index is 7.00. The van der Waals surface area contributed by atoms with Gasteiger partial charge in [0.15, 0.2) is 0 Å². The van der Waals surface area contributed by atoms with E-state index in [4.69, 9.17) is 10.2 Å². The van der Waals surface area contributed by atoms with E-state index in [1.165, 1.54) is 154 Å². The lowest BCUT2D eigenvalue weighted by atomic mass is 10.0. The zero-order valence-electron chi connectivity index (χ0n) is 27.4. The highest BCUT2D eigenvalue weighted by atomic mass is 16.2. The van der Waals surface area contributed by atoms with Gasteiger partial charge in [0.25, 0.3) is 0 Å². The Hall–Kier alpha value is -0.0800. The van der Waals surface area contributed by atoms with Crippen molar-refractivity contribution in [1.29, 1.82) is 0 Å². The van der Waals surface area contributed by atoms with Crippen LogP contribution in [0, 0.1) is 5.92 Å². The second-order valence-electron chi connectivity index (χ2n) is 10.2. The average Bonchev–Trinajstić information content (AvgIpc) is 2.90. The molecule has 2 heteroatoms. The van der Waals surface area contributed by atoms with E-state index in [0.29, 0.717) is 0 Å². The van der Waals surface area contributed by atoms with Gasteiger partial charge in [-0.1, -0.05) is 232 Å². The zero-order valence-corrected chi connectivity index (χ0v) is 27.4. The van der Waals surface area contributed by atoms with Crippen LogP contribution in [-0.4, -0.2) is 24.4 Å². The fourth-order valence-corrected chi connectivity index (χ4v) is 4.24. The standard InChI is InChI=1S/2C12H24.C4H10.2C2H6.2CH4O.4CH4/c2*1-2-4-6-8-10-12-11-9-7-5-3-1;1-4(2)3;4*1-2;;;;/h2*1-12H2;4H,1-3H3;2*1-2H3;2*2H,1H3;4*1H4. The lowest BCUT2D eigenvalue weighted by molar-refractivity contribution is 0.399. The third kappa shape index (κ3) is 90.3. The van der Waals surface area contributed by atoms with Gasteiger partial charge in [0, 0.05) is 14.2 Å². The van der Waals surface area contributed by atoms with Gasteiger partial charge < -0.3 is 10.2 Å². The molecule has 0 aromatic heterocycles. The first-order valence-corrected chi connectivity index (χ1v) is 16.6. The van der Waals surface area contributed by atoms with Crippen LogP contribution in [-0.2, 0) is 0 Å². The summed E-state index contributed by atoms with van der Waals surface area (Å²) in [6, 6.07) is 0. The molecule has 2 N–H and O–H groups in total. The number of hydrogen-bond donors (Lipinski definition) is 2. The first kappa shape index (κ1) is 63.2. The van der Waals surface area contributed by atoms with E-state index in [2.05, 4.69) is 20.8 Å². The van der Waals surface area contributed by atoms with Gasteiger partial charge in [0.05, 0.1) is 0 Å². The van der Waals surface area contributed by atoms with Crippen molar-refractivity contribution in [3.63, 3.8) is 0 Å². The van der Waals surface area contributed by atoms with Gasteiger partial charge in [-0.25, -0.2) is 0 Å². The Morgan fingerprint density at radius 3 is 0.300 bits per heavy atom. The number of aliphatic hydroxyl groups excluding tert-OH is 2. The van der Waals surface area contributed by atoms with Crippen LogP contribution in [0.4, 0.5) is 0 Å². The molecule has 40 heavy (non-hydrogen) atoms. The first-order chi connectivity index (χ1) is 17.7. The molecular weight excluding hydrogens is 488 g/mol. The lowest BCUT2D eigenvalue weighted by Crippen LogP contribution is -1.85. The van der Waals surface area contributed by atoms with E-state index in [1.54, 1.807) is 0 Å². The first-order valence-electron chi connectivity index (χ1n) is 16.6. The normalized spacial score (nSPS) is 15.9. The molecular formula is C38H94O2. The molecule has 0 saturated heterocycles. The van der Waals surface area contributed by atoms with E-state index in [-0.39, 0.29) is 29.7 Å². The maximum Gasteiger partial charge on any atom is 0.0319 e. The SMILES string of the molecule is C.C.C.C.C1CCCCCCCCCCC1.C1CCCCCCCCCCC1.CC.CC.CC(C)C.CO.CO. The van der Waals surface area contributed by atoms with Crippen molar-refractivity contribution in [2.75, 3.05) is 14.2 Å². The van der Waals surface area contributed by atoms with Crippen LogP contribution in [0.5, 0.6) is 0 Å². The third-order valence-corrected chi connectivity index (χ3v) is 6.00. The van der Waals surface area contributed by atoms with Crippen molar-refractivity contribution in [1.82, 2.24) is 0 Å². The van der Waals surface area contributed by atoms with Crippen molar-refractivity contribution >= 4 is 0 Å². The largest absolute Gasteiger partial charge is 0.400 e. The molecule has 0 aromatic carbocycles. The van der Waals surface area contributed by atoms with Crippen molar-refractivity contribution in [3.05, 3.63) is 0 Å². The summed E-state index contributed by atoms with van der Waals surface area (Å²) in [4.78, 5) is 0. The molecule has 0 bridgehead atoms. The predicted octanol–water partition coefficient (Wildman–Crippen LogP) is 14.8. The van der Waals surface area contributed by atoms with Crippen LogP contribution in [0.3, 0.4) is 0 Å². The van der Waals surface area contributed by atoms with Gasteiger partial charge in [0.1, 0.15) is 0 Å². The van der Waals surface area contributed by atoms with Crippen molar-refractivity contribution in [2.24, 2.45) is 5.92 Å². The molecule has 0 atom stereocenters. The summed E-state index contributed by atoms with van der Waals surface area (Å²) in [5, 5.41) is 14.0. The summed E-state index contributed by atoms with van der Waals surface area (Å²) in [7, 11) is 2.00. The fourth-order valence-electron chi connectivity index (χ4n) is 4.24. The van der Waals surface area contributed by atoms with Gasteiger partial charge in [-0.15, -0.1) is 0 Å². The Bertz CT molecular complexity index is 153. The molecule has 0 unspecified atom stereocenters. The Labute approximate surface area is 262 Å². The summed E-state index contributed by atoms with van der Waals surface area (Å²) < 4.78 is 0. The van der Waals surface area contributed by atoms with E-state index < -0.39 is 0 Å². The Morgan fingerprint density at radius 1 is 0.250 bits per heavy atom. The van der Waals surface area contributed by atoms with E-state index in [9.17, 15) is 0 Å².